The van der Waals surface area contributed by atoms with Gasteiger partial charge in [-0.05, 0) is 37.5 Å². The van der Waals surface area contributed by atoms with Gasteiger partial charge >= 0.3 is 0 Å². The van der Waals surface area contributed by atoms with Crippen molar-refractivity contribution >= 4 is 10.0 Å². The van der Waals surface area contributed by atoms with E-state index in [2.05, 4.69) is 4.72 Å². The zero-order chi connectivity index (χ0) is 15.5. The van der Waals surface area contributed by atoms with Gasteiger partial charge in [0, 0.05) is 12.6 Å². The fraction of sp³-hybridized carbons (Fsp3) is 0.571. The molecule has 118 valence electrons. The molecule has 0 heterocycles. The topological polar surface area (TPSA) is 84.9 Å². The lowest BCUT2D eigenvalue weighted by Crippen LogP contribution is -2.47. The quantitative estimate of drug-likeness (QED) is 0.785. The van der Waals surface area contributed by atoms with Crippen molar-refractivity contribution in [2.75, 3.05) is 13.7 Å². The number of aliphatic hydroxyl groups excluding tert-OH is 1. The Hall–Kier alpha value is -1.15. The molecular formula is C14H21NO5S. The van der Waals surface area contributed by atoms with Crippen LogP contribution in [0.3, 0.4) is 0 Å². The van der Waals surface area contributed by atoms with Crippen LogP contribution in [0.4, 0.5) is 0 Å². The lowest BCUT2D eigenvalue weighted by molar-refractivity contribution is -0.00476. The van der Waals surface area contributed by atoms with E-state index >= 15 is 0 Å². The molecule has 0 spiro atoms. The maximum atomic E-state index is 12.4. The maximum Gasteiger partial charge on any atom is 0.244 e. The molecule has 1 saturated carbocycles. The molecule has 1 aliphatic carbocycles. The van der Waals surface area contributed by atoms with Crippen LogP contribution in [-0.4, -0.2) is 39.4 Å². The van der Waals surface area contributed by atoms with Crippen molar-refractivity contribution in [1.29, 1.82) is 0 Å². The summed E-state index contributed by atoms with van der Waals surface area (Å²) >= 11 is 0. The molecule has 0 radical (unpaired) electrons. The predicted molar refractivity (Wildman–Crippen MR) is 77.7 cm³/mol. The summed E-state index contributed by atoms with van der Waals surface area (Å²) in [6.07, 6.45) is 1.48. The first-order valence-electron chi connectivity index (χ1n) is 6.91. The maximum absolute atomic E-state index is 12.4. The Balaban J connectivity index is 2.12. The number of hydrogen-bond donors (Lipinski definition) is 2. The molecule has 0 saturated heterocycles. The Morgan fingerprint density at radius 1 is 1.38 bits per heavy atom. The van der Waals surface area contributed by atoms with Crippen molar-refractivity contribution < 1.29 is 23.0 Å². The number of sulfonamides is 1. The minimum atomic E-state index is -3.68. The fourth-order valence-corrected chi connectivity index (χ4v) is 3.83. The Bertz CT molecular complexity index is 581. The molecule has 6 nitrogen and oxygen atoms in total. The highest BCUT2D eigenvalue weighted by Gasteiger charge is 2.34. The first-order chi connectivity index (χ1) is 10.00. The van der Waals surface area contributed by atoms with Crippen LogP contribution in [0.1, 0.15) is 25.3 Å². The van der Waals surface area contributed by atoms with Crippen molar-refractivity contribution in [2.45, 2.75) is 43.4 Å². The van der Waals surface area contributed by atoms with Crippen molar-refractivity contribution in [3.8, 4) is 5.75 Å². The van der Waals surface area contributed by atoms with E-state index in [1.165, 1.54) is 13.2 Å². The van der Waals surface area contributed by atoms with Gasteiger partial charge < -0.3 is 14.6 Å². The van der Waals surface area contributed by atoms with E-state index < -0.39 is 10.0 Å². The van der Waals surface area contributed by atoms with Crippen molar-refractivity contribution in [1.82, 2.24) is 4.72 Å². The third-order valence-electron chi connectivity index (χ3n) is 3.52. The van der Waals surface area contributed by atoms with Crippen LogP contribution >= 0.6 is 0 Å². The lowest BCUT2D eigenvalue weighted by atomic mass is 9.90. The molecule has 1 aliphatic rings. The Morgan fingerprint density at radius 2 is 2.10 bits per heavy atom. The number of rotatable bonds is 7. The monoisotopic (exact) mass is 315 g/mol. The zero-order valence-electron chi connectivity index (χ0n) is 12.2. The second kappa shape index (κ2) is 6.74. The third kappa shape index (κ3) is 3.74. The lowest BCUT2D eigenvalue weighted by Gasteiger charge is -2.35. The van der Waals surface area contributed by atoms with Crippen LogP contribution < -0.4 is 9.46 Å². The summed E-state index contributed by atoms with van der Waals surface area (Å²) < 4.78 is 38.0. The fourth-order valence-electron chi connectivity index (χ4n) is 2.35. The Labute approximate surface area is 125 Å². The van der Waals surface area contributed by atoms with E-state index in [0.29, 0.717) is 25.0 Å². The van der Waals surface area contributed by atoms with Gasteiger partial charge in [0.25, 0.3) is 0 Å². The molecule has 0 bridgehead atoms. The molecule has 1 fully saturated rings. The molecule has 2 N–H and O–H groups in total. The van der Waals surface area contributed by atoms with Crippen molar-refractivity contribution in [3.63, 3.8) is 0 Å². The minimum Gasteiger partial charge on any atom is -0.495 e. The molecular weight excluding hydrogens is 294 g/mol. The molecule has 7 heteroatoms. The number of nitrogens with one attached hydrogen (secondary N) is 1. The summed E-state index contributed by atoms with van der Waals surface area (Å²) in [5, 5.41) is 9.15. The Kier molecular flexibility index (Phi) is 5.21. The van der Waals surface area contributed by atoms with Crippen LogP contribution in [-0.2, 0) is 21.4 Å². The number of hydrogen-bond acceptors (Lipinski definition) is 5. The highest BCUT2D eigenvalue weighted by molar-refractivity contribution is 7.89. The van der Waals surface area contributed by atoms with Gasteiger partial charge in [-0.2, -0.15) is 0 Å². The summed E-state index contributed by atoms with van der Waals surface area (Å²) in [7, 11) is -2.26. The average molecular weight is 315 g/mol. The van der Waals surface area contributed by atoms with Crippen LogP contribution in [0, 0.1) is 0 Å². The summed E-state index contributed by atoms with van der Waals surface area (Å²) in [6, 6.07) is 4.49. The number of benzene rings is 1. The zero-order valence-corrected chi connectivity index (χ0v) is 13.0. The van der Waals surface area contributed by atoms with Crippen LogP contribution in [0.15, 0.2) is 23.1 Å². The standard InChI is InChI=1S/C14H21NO5S/c1-3-20-12-7-11(8-12)15-21(17,18)14-6-10(9-16)4-5-13(14)19-2/h4-6,11-12,15-16H,3,7-9H2,1-2H3. The number of methoxy groups -OCH3 is 1. The van der Waals surface area contributed by atoms with Crippen LogP contribution in [0.2, 0.25) is 0 Å². The molecule has 21 heavy (non-hydrogen) atoms. The van der Waals surface area contributed by atoms with Crippen molar-refractivity contribution in [3.05, 3.63) is 23.8 Å². The second-order valence-electron chi connectivity index (χ2n) is 5.01. The van der Waals surface area contributed by atoms with Gasteiger partial charge in [-0.3, -0.25) is 0 Å². The predicted octanol–water partition coefficient (Wildman–Crippen LogP) is 1.03. The summed E-state index contributed by atoms with van der Waals surface area (Å²) in [6.45, 7) is 2.33. The molecule has 0 amide bonds. The summed E-state index contributed by atoms with van der Waals surface area (Å²) in [5.41, 5.74) is 0.525. The van der Waals surface area contributed by atoms with Gasteiger partial charge in [0.2, 0.25) is 10.0 Å². The van der Waals surface area contributed by atoms with Gasteiger partial charge in [-0.15, -0.1) is 0 Å². The first kappa shape index (κ1) is 16.2. The highest BCUT2D eigenvalue weighted by atomic mass is 32.2. The normalized spacial score (nSPS) is 21.9. The van der Waals surface area contributed by atoms with E-state index in [1.807, 2.05) is 6.92 Å². The molecule has 0 unspecified atom stereocenters. The average Bonchev–Trinajstić information content (AvgIpc) is 2.44. The smallest absolute Gasteiger partial charge is 0.244 e. The largest absolute Gasteiger partial charge is 0.495 e. The minimum absolute atomic E-state index is 0.0522. The van der Waals surface area contributed by atoms with Gasteiger partial charge in [0.15, 0.2) is 0 Å². The molecule has 1 aromatic rings. The van der Waals surface area contributed by atoms with E-state index in [4.69, 9.17) is 14.6 Å². The van der Waals surface area contributed by atoms with Crippen molar-refractivity contribution in [2.24, 2.45) is 0 Å². The van der Waals surface area contributed by atoms with E-state index in [0.717, 1.165) is 0 Å². The highest BCUT2D eigenvalue weighted by Crippen LogP contribution is 2.29. The van der Waals surface area contributed by atoms with Gasteiger partial charge in [-0.1, -0.05) is 6.07 Å². The molecule has 0 aliphatic heterocycles. The summed E-state index contributed by atoms with van der Waals surface area (Å²) in [5.74, 6) is 0.264. The number of aliphatic hydroxyl groups is 1. The molecule has 2 rings (SSSR count). The second-order valence-corrected chi connectivity index (χ2v) is 6.69. The van der Waals surface area contributed by atoms with E-state index in [-0.39, 0.29) is 29.4 Å². The van der Waals surface area contributed by atoms with Gasteiger partial charge in [-0.25, -0.2) is 13.1 Å². The third-order valence-corrected chi connectivity index (χ3v) is 5.06. The van der Waals surface area contributed by atoms with E-state index in [1.54, 1.807) is 12.1 Å². The SMILES string of the molecule is CCOC1CC(NS(=O)(=O)c2cc(CO)ccc2OC)C1. The first-order valence-corrected chi connectivity index (χ1v) is 8.40. The number of ether oxygens (including phenoxy) is 2. The van der Waals surface area contributed by atoms with Gasteiger partial charge in [0.1, 0.15) is 10.6 Å². The molecule has 0 atom stereocenters. The molecule has 0 aromatic heterocycles. The summed E-state index contributed by atoms with van der Waals surface area (Å²) in [4.78, 5) is 0.0522. The van der Waals surface area contributed by atoms with E-state index in [9.17, 15) is 8.42 Å². The molecule has 1 aromatic carbocycles. The van der Waals surface area contributed by atoms with Crippen LogP contribution in [0.25, 0.3) is 0 Å². The van der Waals surface area contributed by atoms with Gasteiger partial charge in [0.05, 0.1) is 19.8 Å². The van der Waals surface area contributed by atoms with Crippen LogP contribution in [0.5, 0.6) is 5.75 Å². The Morgan fingerprint density at radius 3 is 2.67 bits per heavy atom.